The van der Waals surface area contributed by atoms with Gasteiger partial charge in [0.1, 0.15) is 17.9 Å². The van der Waals surface area contributed by atoms with Crippen molar-refractivity contribution in [3.05, 3.63) is 53.6 Å². The van der Waals surface area contributed by atoms with Gasteiger partial charge in [0, 0.05) is 41.2 Å². The number of fused-ring (bicyclic) bond motifs is 2. The normalized spacial score (nSPS) is 29.7. The maximum atomic E-state index is 14.2. The Kier molecular flexibility index (Phi) is 12.6. The third kappa shape index (κ3) is 8.47. The molecule has 2 bridgehead atoms. The fraction of sp³-hybridized carbons (Fsp3) is 0.674. The summed E-state index contributed by atoms with van der Waals surface area (Å²) in [6.45, 7) is 9.25. The number of nitrogens with zero attached hydrogens (tertiary/aromatic N) is 2. The number of carbonyl (C=O) groups excluding carboxylic acids is 2. The van der Waals surface area contributed by atoms with Crippen LogP contribution in [0.25, 0.3) is 11.1 Å². The predicted octanol–water partition coefficient (Wildman–Crippen LogP) is 5.65. The van der Waals surface area contributed by atoms with Gasteiger partial charge in [0.05, 0.1) is 26.4 Å². The van der Waals surface area contributed by atoms with E-state index in [0.717, 1.165) is 36.1 Å². The minimum atomic E-state index is -0.883. The number of para-hydroxylation sites is 1. The van der Waals surface area contributed by atoms with Gasteiger partial charge < -0.3 is 30.5 Å². The highest BCUT2D eigenvalue weighted by molar-refractivity contribution is 5.96. The van der Waals surface area contributed by atoms with E-state index < -0.39 is 24.2 Å². The molecule has 1 saturated heterocycles. The molecule has 4 aliphatic carbocycles. The average molecular weight is 733 g/mol. The largest absolute Gasteiger partial charge is 0.496 e. The predicted molar refractivity (Wildman–Crippen MR) is 207 cm³/mol. The van der Waals surface area contributed by atoms with Crippen LogP contribution in [0, 0.1) is 35.0 Å². The van der Waals surface area contributed by atoms with E-state index in [1.807, 2.05) is 42.5 Å². The molecule has 2 aromatic carbocycles. The van der Waals surface area contributed by atoms with Crippen molar-refractivity contribution in [1.82, 2.24) is 20.6 Å². The molecule has 7 rings (SSSR count). The van der Waals surface area contributed by atoms with E-state index in [4.69, 9.17) is 9.57 Å². The number of aliphatic hydroxyl groups is 2. The van der Waals surface area contributed by atoms with Crippen LogP contribution < -0.4 is 15.4 Å². The summed E-state index contributed by atoms with van der Waals surface area (Å²) in [7, 11) is 5.73. The van der Waals surface area contributed by atoms with E-state index in [1.54, 1.807) is 19.1 Å². The summed E-state index contributed by atoms with van der Waals surface area (Å²) in [5.41, 5.74) is 3.32. The average Bonchev–Trinajstić information content (AvgIpc) is 3.51. The lowest BCUT2D eigenvalue weighted by Crippen LogP contribution is -2.62. The Balaban J connectivity index is 1.21. The van der Waals surface area contributed by atoms with Gasteiger partial charge in [-0.3, -0.25) is 14.4 Å². The number of amides is 2. The van der Waals surface area contributed by atoms with E-state index in [9.17, 15) is 19.8 Å². The number of methoxy groups -OCH3 is 1. The van der Waals surface area contributed by atoms with Crippen LogP contribution in [-0.4, -0.2) is 96.7 Å². The number of hydroxylamine groups is 2. The first-order valence-corrected chi connectivity index (χ1v) is 20.1. The molecule has 5 fully saturated rings. The lowest BCUT2D eigenvalue weighted by molar-refractivity contribution is -0.183. The van der Waals surface area contributed by atoms with Crippen LogP contribution >= 0.6 is 0 Å². The van der Waals surface area contributed by atoms with Crippen LogP contribution in [0.15, 0.2) is 42.5 Å². The van der Waals surface area contributed by atoms with Crippen molar-refractivity contribution in [2.24, 2.45) is 35.0 Å². The summed E-state index contributed by atoms with van der Waals surface area (Å²) in [5.74, 6) is 1.86. The molecule has 10 nitrogen and oxygen atoms in total. The number of carbonyl (C=O) groups is 2. The summed E-state index contributed by atoms with van der Waals surface area (Å²) in [5, 5.41) is 29.6. The molecule has 0 aromatic heterocycles. The van der Waals surface area contributed by atoms with Crippen molar-refractivity contribution in [1.29, 1.82) is 0 Å². The molecule has 5 aliphatic rings. The van der Waals surface area contributed by atoms with E-state index in [0.29, 0.717) is 40.4 Å². The lowest BCUT2D eigenvalue weighted by atomic mass is 9.45. The van der Waals surface area contributed by atoms with Crippen LogP contribution in [0.2, 0.25) is 0 Å². The molecule has 4 saturated carbocycles. The summed E-state index contributed by atoms with van der Waals surface area (Å²) < 4.78 is 6.04. The summed E-state index contributed by atoms with van der Waals surface area (Å²) in [6, 6.07) is 12.8. The molecule has 2 amide bonds. The van der Waals surface area contributed by atoms with E-state index in [1.165, 1.54) is 38.5 Å². The van der Waals surface area contributed by atoms with Gasteiger partial charge in [-0.05, 0) is 87.1 Å². The van der Waals surface area contributed by atoms with E-state index in [-0.39, 0.29) is 37.0 Å². The molecule has 292 valence electrons. The molecule has 2 aromatic rings. The molecule has 0 radical (unpaired) electrons. The zero-order valence-electron chi connectivity index (χ0n) is 33.0. The number of hydrogen-bond acceptors (Lipinski definition) is 8. The number of benzene rings is 2. The molecule has 4 N–H and O–H groups in total. The van der Waals surface area contributed by atoms with Crippen LogP contribution in [-0.2, 0) is 16.2 Å². The Morgan fingerprint density at radius 3 is 2.47 bits per heavy atom. The molecule has 10 heteroatoms. The maximum absolute atomic E-state index is 14.2. The molecule has 53 heavy (non-hydrogen) atoms. The van der Waals surface area contributed by atoms with Crippen molar-refractivity contribution in [3.8, 4) is 16.9 Å². The van der Waals surface area contributed by atoms with E-state index in [2.05, 4.69) is 50.4 Å². The van der Waals surface area contributed by atoms with Crippen LogP contribution in [0.3, 0.4) is 0 Å². The van der Waals surface area contributed by atoms with Crippen molar-refractivity contribution in [2.45, 2.75) is 116 Å². The third-order valence-corrected chi connectivity index (χ3v) is 13.4. The highest BCUT2D eigenvalue weighted by Crippen LogP contribution is 2.61. The fourth-order valence-corrected chi connectivity index (χ4v) is 10.4. The summed E-state index contributed by atoms with van der Waals surface area (Å²) in [6.07, 6.45) is 7.85. The monoisotopic (exact) mass is 732 g/mol. The van der Waals surface area contributed by atoms with Crippen molar-refractivity contribution in [3.63, 3.8) is 0 Å². The standard InChI is InChI=1S/C43H64N4O6/c1-26-35-21-32(43(35,3)4)22-36(26)45-42(51)39-38(27(2)49)37(25-48)53-47(39)23-31-17-12-18-34(40(31)52-7)29-15-11-16-30(20-29)41(50)44-33(24-46(5)6)19-28-13-9-8-10-14-28/h11-12,15-18,20,26-28,32-33,35-39,48-49H,8-10,13-14,19,21-25H2,1-7H3,(H,44,50)(H,45,51)/t26-,27-,32-,33-,35+,36-,37-,38+,39-/m0/s1. The molecular weight excluding hydrogens is 668 g/mol. The van der Waals surface area contributed by atoms with Crippen LogP contribution in [0.1, 0.15) is 95.0 Å². The highest BCUT2D eigenvalue weighted by atomic mass is 16.7. The molecule has 0 unspecified atom stereocenters. The van der Waals surface area contributed by atoms with Crippen molar-refractivity contribution in [2.75, 3.05) is 34.4 Å². The number of ether oxygens (including phenoxy) is 1. The SMILES string of the molecule is COc1c(CN2O[C@@H](CO)[C@@H]([C@H](C)O)[C@H]2C(=O)N[C@H]2C[C@@H]3C[C@H]([C@@H]2C)C3(C)C)cccc1-c1cccc(C(=O)N[C@@H](CC2CCCCC2)CN(C)C)c1. The number of aliphatic hydroxyl groups excluding tert-OH is 2. The Bertz CT molecular complexity index is 1570. The fourth-order valence-electron chi connectivity index (χ4n) is 10.4. The van der Waals surface area contributed by atoms with Gasteiger partial charge in [-0.1, -0.05) is 83.2 Å². The minimum absolute atomic E-state index is 0.0525. The summed E-state index contributed by atoms with van der Waals surface area (Å²) in [4.78, 5) is 36.3. The number of nitrogens with one attached hydrogen (secondary N) is 2. The van der Waals surface area contributed by atoms with Crippen LogP contribution in [0.5, 0.6) is 5.75 Å². The Hall–Kier alpha value is -3.02. The van der Waals surface area contributed by atoms with Gasteiger partial charge in [-0.25, -0.2) is 0 Å². The second-order valence-corrected chi connectivity index (χ2v) is 17.5. The number of hydrogen-bond donors (Lipinski definition) is 4. The number of likely N-dealkylation sites (N-methyl/N-ethyl adjacent to an activating group) is 1. The third-order valence-electron chi connectivity index (χ3n) is 13.4. The highest BCUT2D eigenvalue weighted by Gasteiger charge is 2.57. The first-order valence-electron chi connectivity index (χ1n) is 20.1. The molecular formula is C43H64N4O6. The van der Waals surface area contributed by atoms with Gasteiger partial charge in [0.15, 0.2) is 0 Å². The molecule has 0 spiro atoms. The zero-order valence-corrected chi connectivity index (χ0v) is 33.0. The van der Waals surface area contributed by atoms with Gasteiger partial charge in [0.2, 0.25) is 5.91 Å². The topological polar surface area (TPSA) is 124 Å². The first kappa shape index (κ1) is 39.7. The Labute approximate surface area is 316 Å². The first-order chi connectivity index (χ1) is 25.3. The maximum Gasteiger partial charge on any atom is 0.251 e. The molecule has 9 atom stereocenters. The second kappa shape index (κ2) is 16.8. The van der Waals surface area contributed by atoms with Crippen molar-refractivity contribution >= 4 is 11.8 Å². The van der Waals surface area contributed by atoms with Crippen LogP contribution in [0.4, 0.5) is 0 Å². The molecule has 1 aliphatic heterocycles. The Morgan fingerprint density at radius 1 is 1.09 bits per heavy atom. The van der Waals surface area contributed by atoms with Crippen molar-refractivity contribution < 1.29 is 29.4 Å². The van der Waals surface area contributed by atoms with Gasteiger partial charge in [-0.2, -0.15) is 5.06 Å². The zero-order chi connectivity index (χ0) is 38.0. The second-order valence-electron chi connectivity index (χ2n) is 17.5. The van der Waals surface area contributed by atoms with E-state index >= 15 is 0 Å². The Morgan fingerprint density at radius 2 is 1.83 bits per heavy atom. The lowest BCUT2D eigenvalue weighted by Gasteiger charge is -2.62. The number of rotatable bonds is 14. The van der Waals surface area contributed by atoms with Gasteiger partial charge >= 0.3 is 0 Å². The smallest absolute Gasteiger partial charge is 0.251 e. The van der Waals surface area contributed by atoms with Gasteiger partial charge in [0.25, 0.3) is 5.91 Å². The minimum Gasteiger partial charge on any atom is -0.496 e. The molecule has 1 heterocycles. The quantitative estimate of drug-likeness (QED) is 0.197. The van der Waals surface area contributed by atoms with Gasteiger partial charge in [-0.15, -0.1) is 0 Å². The summed E-state index contributed by atoms with van der Waals surface area (Å²) >= 11 is 0.